The summed E-state index contributed by atoms with van der Waals surface area (Å²) in [7, 11) is 0. The van der Waals surface area contributed by atoms with Gasteiger partial charge in [0.2, 0.25) is 0 Å². The van der Waals surface area contributed by atoms with Crippen molar-refractivity contribution in [3.8, 4) is 11.5 Å². The molecule has 0 spiro atoms. The van der Waals surface area contributed by atoms with Crippen molar-refractivity contribution in [2.75, 3.05) is 0 Å². The zero-order valence-corrected chi connectivity index (χ0v) is 13.0. The lowest BCUT2D eigenvalue weighted by molar-refractivity contribution is 0.413. The lowest BCUT2D eigenvalue weighted by Gasteiger charge is -2.22. The fraction of sp³-hybridized carbons (Fsp3) is 0.333. The molecule has 1 N–H and O–H groups in total. The molecular formula is C18H22FNO. The molecule has 2 aromatic carbocycles. The molecule has 0 radical (unpaired) electrons. The number of ether oxygens (including phenoxy) is 1. The van der Waals surface area contributed by atoms with E-state index in [0.29, 0.717) is 12.3 Å². The van der Waals surface area contributed by atoms with Crippen LogP contribution in [0.15, 0.2) is 42.5 Å². The summed E-state index contributed by atoms with van der Waals surface area (Å²) in [5.74, 6) is 0.966. The maximum Gasteiger partial charge on any atom is 0.131 e. The molecule has 3 heteroatoms. The van der Waals surface area contributed by atoms with Crippen molar-refractivity contribution in [2.45, 2.75) is 39.8 Å². The van der Waals surface area contributed by atoms with E-state index in [1.165, 1.54) is 17.7 Å². The van der Waals surface area contributed by atoms with E-state index in [9.17, 15) is 4.39 Å². The molecular weight excluding hydrogens is 265 g/mol. The minimum absolute atomic E-state index is 0.0277. The highest BCUT2D eigenvalue weighted by molar-refractivity contribution is 5.40. The number of halogens is 1. The van der Waals surface area contributed by atoms with E-state index in [2.05, 4.69) is 32.2 Å². The second-order valence-electron chi connectivity index (χ2n) is 6.27. The first kappa shape index (κ1) is 15.5. The van der Waals surface area contributed by atoms with Crippen LogP contribution in [0.4, 0.5) is 4.39 Å². The fourth-order valence-corrected chi connectivity index (χ4v) is 1.96. The van der Waals surface area contributed by atoms with Crippen molar-refractivity contribution in [1.82, 2.24) is 5.32 Å². The Labute approximate surface area is 126 Å². The van der Waals surface area contributed by atoms with Crippen molar-refractivity contribution in [3.05, 3.63) is 59.4 Å². The highest BCUT2D eigenvalue weighted by atomic mass is 19.1. The van der Waals surface area contributed by atoms with Gasteiger partial charge in [0, 0.05) is 23.7 Å². The summed E-state index contributed by atoms with van der Waals surface area (Å²) in [6.07, 6.45) is 0. The van der Waals surface area contributed by atoms with Crippen LogP contribution in [0.3, 0.4) is 0 Å². The molecule has 21 heavy (non-hydrogen) atoms. The van der Waals surface area contributed by atoms with E-state index in [-0.39, 0.29) is 11.4 Å². The van der Waals surface area contributed by atoms with Gasteiger partial charge in [0.05, 0.1) is 0 Å². The average molecular weight is 287 g/mol. The van der Waals surface area contributed by atoms with Gasteiger partial charge in [-0.05, 0) is 45.9 Å². The lowest BCUT2D eigenvalue weighted by Crippen LogP contribution is -2.35. The van der Waals surface area contributed by atoms with Crippen molar-refractivity contribution >= 4 is 0 Å². The van der Waals surface area contributed by atoms with Gasteiger partial charge in [0.1, 0.15) is 17.3 Å². The summed E-state index contributed by atoms with van der Waals surface area (Å²) in [5, 5.41) is 3.45. The first-order valence-electron chi connectivity index (χ1n) is 7.11. The van der Waals surface area contributed by atoms with Gasteiger partial charge in [0.25, 0.3) is 0 Å². The van der Waals surface area contributed by atoms with Crippen LogP contribution in [0.25, 0.3) is 0 Å². The zero-order chi connectivity index (χ0) is 15.5. The molecule has 0 aliphatic carbocycles. The van der Waals surface area contributed by atoms with E-state index in [1.54, 1.807) is 12.1 Å². The lowest BCUT2D eigenvalue weighted by atomic mass is 10.1. The number of aryl methyl sites for hydroxylation is 1. The van der Waals surface area contributed by atoms with Crippen LogP contribution >= 0.6 is 0 Å². The Hall–Kier alpha value is -1.87. The van der Waals surface area contributed by atoms with Crippen molar-refractivity contribution in [2.24, 2.45) is 0 Å². The summed E-state index contributed by atoms with van der Waals surface area (Å²) in [5.41, 5.74) is 2.27. The summed E-state index contributed by atoms with van der Waals surface area (Å²) in [4.78, 5) is 0. The number of benzene rings is 2. The van der Waals surface area contributed by atoms with Crippen molar-refractivity contribution in [1.29, 1.82) is 0 Å². The van der Waals surface area contributed by atoms with Crippen LogP contribution in [-0.2, 0) is 6.54 Å². The third-order valence-corrected chi connectivity index (χ3v) is 3.05. The molecule has 0 amide bonds. The predicted molar refractivity (Wildman–Crippen MR) is 84.2 cm³/mol. The Morgan fingerprint density at radius 3 is 2.52 bits per heavy atom. The maximum absolute atomic E-state index is 13.2. The van der Waals surface area contributed by atoms with Crippen LogP contribution in [0.2, 0.25) is 0 Å². The van der Waals surface area contributed by atoms with E-state index < -0.39 is 0 Å². The number of nitrogens with one attached hydrogen (secondary N) is 1. The number of rotatable bonds is 4. The molecule has 2 nitrogen and oxygen atoms in total. The van der Waals surface area contributed by atoms with E-state index in [0.717, 1.165) is 11.3 Å². The van der Waals surface area contributed by atoms with Gasteiger partial charge in [-0.15, -0.1) is 0 Å². The van der Waals surface area contributed by atoms with E-state index >= 15 is 0 Å². The van der Waals surface area contributed by atoms with Gasteiger partial charge in [-0.2, -0.15) is 0 Å². The minimum atomic E-state index is -0.297. The predicted octanol–water partition coefficient (Wildman–Crippen LogP) is 4.81. The molecule has 112 valence electrons. The molecule has 0 bridgehead atoms. The monoisotopic (exact) mass is 287 g/mol. The SMILES string of the molecule is Cc1ccc(Oc2cccc(F)c2)c(CNC(C)(C)C)c1. The third-order valence-electron chi connectivity index (χ3n) is 3.05. The molecule has 0 saturated carbocycles. The molecule has 0 aromatic heterocycles. The Morgan fingerprint density at radius 1 is 1.10 bits per heavy atom. The highest BCUT2D eigenvalue weighted by Gasteiger charge is 2.12. The smallest absolute Gasteiger partial charge is 0.131 e. The molecule has 0 aliphatic heterocycles. The molecule has 0 atom stereocenters. The van der Waals surface area contributed by atoms with Gasteiger partial charge < -0.3 is 10.1 Å². The Morgan fingerprint density at radius 2 is 1.86 bits per heavy atom. The Kier molecular flexibility index (Phi) is 4.63. The standard InChI is InChI=1S/C18H22FNO/c1-13-8-9-17(14(10-13)12-20-18(2,3)4)21-16-7-5-6-15(19)11-16/h5-11,20H,12H2,1-4H3. The topological polar surface area (TPSA) is 21.3 Å². The molecule has 2 rings (SSSR count). The highest BCUT2D eigenvalue weighted by Crippen LogP contribution is 2.27. The summed E-state index contributed by atoms with van der Waals surface area (Å²) >= 11 is 0. The molecule has 0 heterocycles. The first-order chi connectivity index (χ1) is 9.83. The Bertz CT molecular complexity index is 617. The zero-order valence-electron chi connectivity index (χ0n) is 13.0. The van der Waals surface area contributed by atoms with Crippen molar-refractivity contribution < 1.29 is 9.13 Å². The van der Waals surface area contributed by atoms with E-state index in [4.69, 9.17) is 4.74 Å². The third kappa shape index (κ3) is 4.87. The molecule has 0 saturated heterocycles. The molecule has 2 aromatic rings. The Balaban J connectivity index is 2.22. The second-order valence-corrected chi connectivity index (χ2v) is 6.27. The van der Waals surface area contributed by atoms with Gasteiger partial charge in [0.15, 0.2) is 0 Å². The molecule has 0 fully saturated rings. The van der Waals surface area contributed by atoms with Crippen LogP contribution in [0.5, 0.6) is 11.5 Å². The summed E-state index contributed by atoms with van der Waals surface area (Å²) < 4.78 is 19.1. The summed E-state index contributed by atoms with van der Waals surface area (Å²) in [6, 6.07) is 12.2. The van der Waals surface area contributed by atoms with Gasteiger partial charge in [-0.3, -0.25) is 0 Å². The molecule has 0 unspecified atom stereocenters. The summed E-state index contributed by atoms with van der Waals surface area (Å²) in [6.45, 7) is 9.12. The van der Waals surface area contributed by atoms with Crippen LogP contribution in [0.1, 0.15) is 31.9 Å². The number of hydrogen-bond donors (Lipinski definition) is 1. The quantitative estimate of drug-likeness (QED) is 0.871. The normalized spacial score (nSPS) is 11.5. The van der Waals surface area contributed by atoms with E-state index in [1.807, 2.05) is 19.1 Å². The minimum Gasteiger partial charge on any atom is -0.457 e. The second kappa shape index (κ2) is 6.27. The largest absolute Gasteiger partial charge is 0.457 e. The number of hydrogen-bond acceptors (Lipinski definition) is 2. The van der Waals surface area contributed by atoms with Gasteiger partial charge >= 0.3 is 0 Å². The molecule has 0 aliphatic rings. The van der Waals surface area contributed by atoms with Crippen LogP contribution in [0, 0.1) is 12.7 Å². The first-order valence-corrected chi connectivity index (χ1v) is 7.11. The fourth-order valence-electron chi connectivity index (χ4n) is 1.96. The van der Waals surface area contributed by atoms with Crippen LogP contribution < -0.4 is 10.1 Å². The van der Waals surface area contributed by atoms with Crippen molar-refractivity contribution in [3.63, 3.8) is 0 Å². The van der Waals surface area contributed by atoms with Gasteiger partial charge in [-0.25, -0.2) is 4.39 Å². The van der Waals surface area contributed by atoms with Gasteiger partial charge in [-0.1, -0.05) is 23.8 Å². The van der Waals surface area contributed by atoms with Crippen LogP contribution in [-0.4, -0.2) is 5.54 Å². The average Bonchev–Trinajstić information content (AvgIpc) is 2.38. The maximum atomic E-state index is 13.2.